The van der Waals surface area contributed by atoms with E-state index in [1.807, 2.05) is 0 Å². The summed E-state index contributed by atoms with van der Waals surface area (Å²) in [6, 6.07) is 6.13. The van der Waals surface area contributed by atoms with Crippen LogP contribution in [0.15, 0.2) is 29.1 Å². The maximum absolute atomic E-state index is 12.2. The van der Waals surface area contributed by atoms with Crippen LogP contribution in [-0.2, 0) is 12.8 Å². The predicted octanol–water partition coefficient (Wildman–Crippen LogP) is 2.11. The van der Waals surface area contributed by atoms with Crippen molar-refractivity contribution in [2.75, 3.05) is 12.4 Å². The van der Waals surface area contributed by atoms with Gasteiger partial charge in [0, 0.05) is 17.1 Å². The standard InChI is InChI=1S/C16H17ClN4O3/c1-24-14-5-2-10(17)8-13(14)19-16(23)18-11-3-4-12-9(6-11)7-15(22)21-20-12/h2,5,7-8,11H,3-4,6H2,1H3,(H,21,22)(H2,18,19,23). The lowest BCUT2D eigenvalue weighted by Crippen LogP contribution is -2.41. The van der Waals surface area contributed by atoms with Crippen molar-refractivity contribution in [1.29, 1.82) is 0 Å². The Morgan fingerprint density at radius 3 is 3.04 bits per heavy atom. The van der Waals surface area contributed by atoms with Crippen LogP contribution in [0.5, 0.6) is 5.75 Å². The molecule has 7 nitrogen and oxygen atoms in total. The molecule has 1 unspecified atom stereocenters. The Labute approximate surface area is 143 Å². The number of hydrogen-bond acceptors (Lipinski definition) is 4. The van der Waals surface area contributed by atoms with Crippen molar-refractivity contribution in [2.45, 2.75) is 25.3 Å². The molecule has 1 aliphatic rings. The summed E-state index contributed by atoms with van der Waals surface area (Å²) in [7, 11) is 1.52. The van der Waals surface area contributed by atoms with Gasteiger partial charge in [0.05, 0.1) is 18.5 Å². The van der Waals surface area contributed by atoms with E-state index in [4.69, 9.17) is 16.3 Å². The van der Waals surface area contributed by atoms with Crippen LogP contribution >= 0.6 is 11.6 Å². The molecule has 1 atom stereocenters. The Morgan fingerprint density at radius 2 is 2.25 bits per heavy atom. The highest BCUT2D eigenvalue weighted by molar-refractivity contribution is 6.31. The number of carbonyl (C=O) groups is 1. The number of aromatic amines is 1. The summed E-state index contributed by atoms with van der Waals surface area (Å²) < 4.78 is 5.20. The zero-order valence-corrected chi connectivity index (χ0v) is 13.8. The molecule has 0 saturated carbocycles. The minimum absolute atomic E-state index is 0.0636. The van der Waals surface area contributed by atoms with E-state index in [0.29, 0.717) is 29.3 Å². The molecular formula is C16H17ClN4O3. The first kappa shape index (κ1) is 16.3. The van der Waals surface area contributed by atoms with Crippen molar-refractivity contribution >= 4 is 23.3 Å². The van der Waals surface area contributed by atoms with Crippen LogP contribution in [-0.4, -0.2) is 29.4 Å². The number of nitrogens with one attached hydrogen (secondary N) is 3. The van der Waals surface area contributed by atoms with Crippen LogP contribution in [0.1, 0.15) is 17.7 Å². The summed E-state index contributed by atoms with van der Waals surface area (Å²) >= 11 is 5.95. The molecule has 1 aromatic carbocycles. The highest BCUT2D eigenvalue weighted by Gasteiger charge is 2.22. The number of methoxy groups -OCH3 is 1. The molecule has 8 heteroatoms. The summed E-state index contributed by atoms with van der Waals surface area (Å²) in [5.74, 6) is 0.527. The normalized spacial score (nSPS) is 16.2. The molecule has 1 aromatic heterocycles. The molecule has 2 amide bonds. The molecule has 0 spiro atoms. The predicted molar refractivity (Wildman–Crippen MR) is 90.8 cm³/mol. The number of benzene rings is 1. The lowest BCUT2D eigenvalue weighted by molar-refractivity contribution is 0.247. The SMILES string of the molecule is COc1ccc(Cl)cc1NC(=O)NC1CCc2n[nH]c(=O)cc2C1. The van der Waals surface area contributed by atoms with Crippen molar-refractivity contribution in [3.63, 3.8) is 0 Å². The lowest BCUT2D eigenvalue weighted by Gasteiger charge is -2.24. The van der Waals surface area contributed by atoms with E-state index in [9.17, 15) is 9.59 Å². The Kier molecular flexibility index (Phi) is 4.71. The highest BCUT2D eigenvalue weighted by atomic mass is 35.5. The number of ether oxygens (including phenoxy) is 1. The minimum Gasteiger partial charge on any atom is -0.495 e. The van der Waals surface area contributed by atoms with Gasteiger partial charge in [-0.25, -0.2) is 9.89 Å². The average molecular weight is 349 g/mol. The smallest absolute Gasteiger partial charge is 0.319 e. The van der Waals surface area contributed by atoms with Crippen LogP contribution in [0, 0.1) is 0 Å². The number of hydrogen-bond donors (Lipinski definition) is 3. The number of anilines is 1. The molecule has 0 fully saturated rings. The number of aryl methyl sites for hydroxylation is 1. The van der Waals surface area contributed by atoms with E-state index in [1.54, 1.807) is 18.2 Å². The number of aromatic nitrogens is 2. The first-order valence-electron chi connectivity index (χ1n) is 7.53. The Hall–Kier alpha value is -2.54. The molecule has 0 bridgehead atoms. The van der Waals surface area contributed by atoms with E-state index in [0.717, 1.165) is 17.7 Å². The average Bonchev–Trinajstić information content (AvgIpc) is 2.54. The summed E-state index contributed by atoms with van der Waals surface area (Å²) in [4.78, 5) is 23.6. The zero-order valence-electron chi connectivity index (χ0n) is 13.1. The third-order valence-electron chi connectivity index (χ3n) is 3.92. The van der Waals surface area contributed by atoms with E-state index >= 15 is 0 Å². The summed E-state index contributed by atoms with van der Waals surface area (Å²) in [5, 5.41) is 12.6. The molecule has 24 heavy (non-hydrogen) atoms. The topological polar surface area (TPSA) is 96.1 Å². The molecule has 0 aliphatic heterocycles. The lowest BCUT2D eigenvalue weighted by atomic mass is 9.92. The third-order valence-corrected chi connectivity index (χ3v) is 4.15. The summed E-state index contributed by atoms with van der Waals surface area (Å²) in [5.41, 5.74) is 2.01. The van der Waals surface area contributed by atoms with E-state index < -0.39 is 0 Å². The highest BCUT2D eigenvalue weighted by Crippen LogP contribution is 2.27. The maximum Gasteiger partial charge on any atom is 0.319 e. The van der Waals surface area contributed by atoms with Crippen molar-refractivity contribution in [2.24, 2.45) is 0 Å². The monoisotopic (exact) mass is 348 g/mol. The first-order chi connectivity index (χ1) is 11.5. The number of carbonyl (C=O) groups excluding carboxylic acids is 1. The quantitative estimate of drug-likeness (QED) is 0.791. The third kappa shape index (κ3) is 3.68. The first-order valence-corrected chi connectivity index (χ1v) is 7.91. The minimum atomic E-state index is -0.346. The van der Waals surface area contributed by atoms with Gasteiger partial charge in [0.2, 0.25) is 0 Å². The molecule has 1 aliphatic carbocycles. The fourth-order valence-electron chi connectivity index (χ4n) is 2.78. The van der Waals surface area contributed by atoms with E-state index in [1.165, 1.54) is 13.2 Å². The fraction of sp³-hybridized carbons (Fsp3) is 0.312. The zero-order chi connectivity index (χ0) is 17.1. The number of nitrogens with zero attached hydrogens (tertiary/aromatic N) is 1. The molecular weight excluding hydrogens is 332 g/mol. The van der Waals surface area contributed by atoms with E-state index in [-0.39, 0.29) is 17.6 Å². The number of H-pyrrole nitrogens is 1. The van der Waals surface area contributed by atoms with Crippen LogP contribution in [0.2, 0.25) is 5.02 Å². The van der Waals surface area contributed by atoms with Crippen molar-refractivity contribution in [3.8, 4) is 5.75 Å². The summed E-state index contributed by atoms with van der Waals surface area (Å²) in [6.45, 7) is 0. The molecule has 0 saturated heterocycles. The number of rotatable bonds is 3. The van der Waals surface area contributed by atoms with Crippen LogP contribution < -0.4 is 20.9 Å². The van der Waals surface area contributed by atoms with Gasteiger partial charge in [-0.05, 0) is 43.0 Å². The molecule has 2 aromatic rings. The second-order valence-electron chi connectivity index (χ2n) is 5.59. The Morgan fingerprint density at radius 1 is 1.42 bits per heavy atom. The second kappa shape index (κ2) is 6.92. The molecule has 1 heterocycles. The van der Waals surface area contributed by atoms with Crippen LogP contribution in [0.25, 0.3) is 0 Å². The number of halogens is 1. The van der Waals surface area contributed by atoms with Crippen LogP contribution in [0.3, 0.4) is 0 Å². The van der Waals surface area contributed by atoms with Gasteiger partial charge in [-0.2, -0.15) is 5.10 Å². The second-order valence-corrected chi connectivity index (χ2v) is 6.02. The van der Waals surface area contributed by atoms with Gasteiger partial charge >= 0.3 is 6.03 Å². The van der Waals surface area contributed by atoms with Crippen molar-refractivity contribution in [1.82, 2.24) is 15.5 Å². The van der Waals surface area contributed by atoms with Gasteiger partial charge in [0.1, 0.15) is 5.75 Å². The number of fused-ring (bicyclic) bond motifs is 1. The Balaban J connectivity index is 1.66. The van der Waals surface area contributed by atoms with Crippen LogP contribution in [0.4, 0.5) is 10.5 Å². The largest absolute Gasteiger partial charge is 0.495 e. The van der Waals surface area contributed by atoms with Gasteiger partial charge in [-0.15, -0.1) is 0 Å². The van der Waals surface area contributed by atoms with Gasteiger partial charge in [-0.3, -0.25) is 4.79 Å². The van der Waals surface area contributed by atoms with Crippen molar-refractivity contribution in [3.05, 3.63) is 50.9 Å². The van der Waals surface area contributed by atoms with Gasteiger partial charge in [0.25, 0.3) is 5.56 Å². The number of amides is 2. The van der Waals surface area contributed by atoms with Gasteiger partial charge in [-0.1, -0.05) is 11.6 Å². The molecule has 3 rings (SSSR count). The number of urea groups is 1. The van der Waals surface area contributed by atoms with Gasteiger partial charge in [0.15, 0.2) is 0 Å². The molecule has 3 N–H and O–H groups in total. The fourth-order valence-corrected chi connectivity index (χ4v) is 2.96. The summed E-state index contributed by atoms with van der Waals surface area (Å²) in [6.07, 6.45) is 2.04. The molecule has 0 radical (unpaired) electrons. The van der Waals surface area contributed by atoms with Gasteiger partial charge < -0.3 is 15.4 Å². The molecule has 126 valence electrons. The Bertz CT molecular complexity index is 821. The van der Waals surface area contributed by atoms with Crippen molar-refractivity contribution < 1.29 is 9.53 Å². The van der Waals surface area contributed by atoms with E-state index in [2.05, 4.69) is 20.8 Å². The maximum atomic E-state index is 12.2.